The Morgan fingerprint density at radius 2 is 2.10 bits per heavy atom. The highest BCUT2D eigenvalue weighted by Crippen LogP contribution is 2.37. The van der Waals surface area contributed by atoms with Crippen LogP contribution in [0.5, 0.6) is 11.6 Å². The van der Waals surface area contributed by atoms with Crippen LogP contribution < -0.4 is 15.2 Å². The number of carbonyl (C=O) groups excluding carboxylic acids is 1. The van der Waals surface area contributed by atoms with Crippen molar-refractivity contribution in [3.05, 3.63) is 34.4 Å². The minimum atomic E-state index is -0.844. The zero-order valence-corrected chi connectivity index (χ0v) is 18.2. The highest BCUT2D eigenvalue weighted by molar-refractivity contribution is 7.99. The second kappa shape index (κ2) is 10.2. The first-order valence-corrected chi connectivity index (χ1v) is 10.2. The number of ether oxygens (including phenoxy) is 3. The minimum absolute atomic E-state index is 0.0000584. The van der Waals surface area contributed by atoms with E-state index in [4.69, 9.17) is 48.4 Å². The van der Waals surface area contributed by atoms with Crippen molar-refractivity contribution in [2.45, 2.75) is 17.1 Å². The number of nitrogens with zero attached hydrogens (tertiary/aromatic N) is 4. The van der Waals surface area contributed by atoms with Crippen LogP contribution in [0.4, 0.5) is 10.7 Å². The molecule has 160 valence electrons. The molecule has 0 saturated carbocycles. The van der Waals surface area contributed by atoms with E-state index in [1.54, 1.807) is 19.1 Å². The smallest absolute Gasteiger partial charge is 0.477 e. The van der Waals surface area contributed by atoms with Gasteiger partial charge in [0.25, 0.3) is 0 Å². The van der Waals surface area contributed by atoms with Crippen molar-refractivity contribution in [3.63, 3.8) is 0 Å². The molecule has 2 aromatic heterocycles. The van der Waals surface area contributed by atoms with Gasteiger partial charge in [-0.15, -0.1) is 0 Å². The Labute approximate surface area is 190 Å². The van der Waals surface area contributed by atoms with Crippen LogP contribution in [0.15, 0.2) is 34.6 Å². The van der Waals surface area contributed by atoms with Crippen molar-refractivity contribution < 1.29 is 19.0 Å². The van der Waals surface area contributed by atoms with Gasteiger partial charge in [0.05, 0.1) is 28.5 Å². The van der Waals surface area contributed by atoms with Crippen molar-refractivity contribution >= 4 is 47.1 Å². The number of carbonyl (C=O) groups is 1. The third kappa shape index (κ3) is 5.91. The van der Waals surface area contributed by atoms with Crippen molar-refractivity contribution in [2.24, 2.45) is 0 Å². The molecule has 0 fully saturated rings. The van der Waals surface area contributed by atoms with Gasteiger partial charge < -0.3 is 24.9 Å². The van der Waals surface area contributed by atoms with Gasteiger partial charge in [0.1, 0.15) is 16.8 Å². The monoisotopic (exact) mass is 480 g/mol. The summed E-state index contributed by atoms with van der Waals surface area (Å²) in [5.41, 5.74) is 6.75. The Morgan fingerprint density at radius 3 is 2.84 bits per heavy atom. The van der Waals surface area contributed by atoms with Gasteiger partial charge in [-0.05, 0) is 36.9 Å². The predicted octanol–water partition coefficient (Wildman–Crippen LogP) is 4.34. The maximum Gasteiger partial charge on any atom is 0.515 e. The van der Waals surface area contributed by atoms with Gasteiger partial charge in [-0.25, -0.2) is 19.7 Å². The van der Waals surface area contributed by atoms with Gasteiger partial charge >= 0.3 is 6.16 Å². The van der Waals surface area contributed by atoms with E-state index < -0.39 is 6.16 Å². The topological polar surface area (TPSA) is 149 Å². The summed E-state index contributed by atoms with van der Waals surface area (Å²) < 4.78 is 15.0. The zero-order chi connectivity index (χ0) is 22.4. The summed E-state index contributed by atoms with van der Waals surface area (Å²) in [7, 11) is 0. The molecular weight excluding hydrogens is 467 g/mol. The van der Waals surface area contributed by atoms with Gasteiger partial charge in [0.15, 0.2) is 11.8 Å². The molecular formula is C18H14Cl2N6O4S. The Hall–Kier alpha value is -3.20. The number of nitrogens with one attached hydrogen (secondary N) is 1. The first kappa shape index (κ1) is 22.5. The van der Waals surface area contributed by atoms with Crippen LogP contribution in [0.3, 0.4) is 0 Å². The molecule has 0 spiro atoms. The minimum Gasteiger partial charge on any atom is -0.477 e. The molecule has 13 heteroatoms. The molecule has 3 rings (SSSR count). The second-order valence-corrected chi connectivity index (χ2v) is 7.42. The number of anilines is 1. The largest absolute Gasteiger partial charge is 0.515 e. The number of H-pyrrole nitrogens is 1. The number of rotatable bonds is 7. The van der Waals surface area contributed by atoms with Gasteiger partial charge in [-0.2, -0.15) is 5.26 Å². The average Bonchev–Trinajstić information content (AvgIpc) is 3.13. The summed E-state index contributed by atoms with van der Waals surface area (Å²) in [5, 5.41) is 10.1. The van der Waals surface area contributed by atoms with Gasteiger partial charge in [-0.3, -0.25) is 0 Å². The molecule has 10 nitrogen and oxygen atoms in total. The van der Waals surface area contributed by atoms with Crippen molar-refractivity contribution in [3.8, 4) is 29.0 Å². The van der Waals surface area contributed by atoms with Crippen LogP contribution in [0.25, 0.3) is 11.3 Å². The number of nitrogen functional groups attached to an aromatic ring is 1. The highest BCUT2D eigenvalue weighted by atomic mass is 35.5. The molecule has 2 heterocycles. The van der Waals surface area contributed by atoms with Crippen molar-refractivity contribution in [1.82, 2.24) is 19.9 Å². The second-order valence-electron chi connectivity index (χ2n) is 5.60. The summed E-state index contributed by atoms with van der Waals surface area (Å²) in [6.45, 7) is 1.68. The lowest BCUT2D eigenvalue weighted by atomic mass is 10.1. The molecule has 0 aliphatic carbocycles. The lowest BCUT2D eigenvalue weighted by Crippen LogP contribution is -2.10. The third-order valence-electron chi connectivity index (χ3n) is 3.50. The molecule has 0 saturated heterocycles. The molecule has 0 aliphatic rings. The van der Waals surface area contributed by atoms with Gasteiger partial charge in [-0.1, -0.05) is 23.2 Å². The van der Waals surface area contributed by atoms with Crippen LogP contribution in [0.2, 0.25) is 10.0 Å². The van der Waals surface area contributed by atoms with Crippen molar-refractivity contribution in [1.29, 1.82) is 5.26 Å². The Balaban J connectivity index is 1.85. The standard InChI is InChI=1S/C18H14Cl2N6O4S/c1-2-28-18(27)30-14-8-23-17(25-14)31-15-7-12(24-16(22)26-15)9-5-13(29-4-3-21)11(20)6-10(9)19/h5-8H,2,4H2,1H3,(H,23,25)(H2,22,24,26). The number of nitrogens with two attached hydrogens (primary N) is 1. The molecule has 0 aliphatic heterocycles. The average molecular weight is 481 g/mol. The zero-order valence-electron chi connectivity index (χ0n) is 15.9. The van der Waals surface area contributed by atoms with Crippen LogP contribution in [-0.2, 0) is 4.74 Å². The third-order valence-corrected chi connectivity index (χ3v) is 4.92. The van der Waals surface area contributed by atoms with Gasteiger partial charge in [0.2, 0.25) is 11.8 Å². The summed E-state index contributed by atoms with van der Waals surface area (Å²) in [6.07, 6.45) is 0.489. The Morgan fingerprint density at radius 1 is 1.29 bits per heavy atom. The lowest BCUT2D eigenvalue weighted by Gasteiger charge is -2.10. The molecule has 31 heavy (non-hydrogen) atoms. The highest BCUT2D eigenvalue weighted by Gasteiger charge is 2.15. The molecule has 0 radical (unpaired) electrons. The predicted molar refractivity (Wildman–Crippen MR) is 113 cm³/mol. The Bertz CT molecular complexity index is 1150. The number of hydrogen-bond donors (Lipinski definition) is 2. The summed E-state index contributed by atoms with van der Waals surface area (Å²) >= 11 is 13.6. The number of halogens is 2. The number of benzene rings is 1. The maximum absolute atomic E-state index is 11.4. The molecule has 1 aromatic carbocycles. The van der Waals surface area contributed by atoms with E-state index in [0.29, 0.717) is 26.5 Å². The normalized spacial score (nSPS) is 10.4. The quantitative estimate of drug-likeness (QED) is 0.368. The number of imidazole rings is 1. The van der Waals surface area contributed by atoms with Gasteiger partial charge in [0, 0.05) is 5.56 Å². The van der Waals surface area contributed by atoms with Crippen LogP contribution in [0.1, 0.15) is 6.92 Å². The van der Waals surface area contributed by atoms with E-state index in [1.807, 2.05) is 6.07 Å². The van der Waals surface area contributed by atoms with E-state index >= 15 is 0 Å². The molecule has 0 bridgehead atoms. The first-order valence-electron chi connectivity index (χ1n) is 8.60. The van der Waals surface area contributed by atoms with E-state index in [1.165, 1.54) is 12.3 Å². The molecule has 3 aromatic rings. The summed E-state index contributed by atoms with van der Waals surface area (Å²) in [4.78, 5) is 26.7. The molecule has 0 atom stereocenters. The fraction of sp³-hybridized carbons (Fsp3) is 0.167. The van der Waals surface area contributed by atoms with Crippen LogP contribution in [0, 0.1) is 11.3 Å². The van der Waals surface area contributed by atoms with Crippen LogP contribution in [-0.4, -0.2) is 39.3 Å². The van der Waals surface area contributed by atoms with E-state index in [0.717, 1.165) is 11.8 Å². The number of aromatic amines is 1. The fourth-order valence-corrected chi connectivity index (χ4v) is 3.61. The fourth-order valence-electron chi connectivity index (χ4n) is 2.31. The van der Waals surface area contributed by atoms with E-state index in [2.05, 4.69) is 19.9 Å². The Kier molecular flexibility index (Phi) is 7.41. The first-order chi connectivity index (χ1) is 14.9. The number of nitriles is 1. The molecule has 0 amide bonds. The van der Waals surface area contributed by atoms with Crippen LogP contribution >= 0.6 is 35.0 Å². The molecule has 0 unspecified atom stereocenters. The lowest BCUT2D eigenvalue weighted by molar-refractivity contribution is 0.103. The molecule has 3 N–H and O–H groups in total. The summed E-state index contributed by atoms with van der Waals surface area (Å²) in [5.74, 6) is 0.393. The van der Waals surface area contributed by atoms with Crippen molar-refractivity contribution in [2.75, 3.05) is 18.9 Å². The SMILES string of the molecule is CCOC(=O)Oc1cnc(Sc2cc(-c3cc(OCC#N)c(Cl)cc3Cl)nc(N)n2)[nH]1. The number of hydrogen-bond acceptors (Lipinski definition) is 10. The van der Waals surface area contributed by atoms with E-state index in [-0.39, 0.29) is 35.8 Å². The summed E-state index contributed by atoms with van der Waals surface area (Å²) in [6, 6.07) is 6.56. The van der Waals surface area contributed by atoms with E-state index in [9.17, 15) is 4.79 Å². The number of aromatic nitrogens is 4. The maximum atomic E-state index is 11.4.